The van der Waals surface area contributed by atoms with E-state index in [1.807, 2.05) is 0 Å². The van der Waals surface area contributed by atoms with E-state index in [2.05, 4.69) is 6.92 Å². The zero-order valence-electron chi connectivity index (χ0n) is 12.9. The summed E-state index contributed by atoms with van der Waals surface area (Å²) in [5.74, 6) is -0.342. The van der Waals surface area contributed by atoms with Gasteiger partial charge in [-0.05, 0) is 20.3 Å². The molecule has 3 heteroatoms. The Morgan fingerprint density at radius 1 is 0.895 bits per heavy atom. The third kappa shape index (κ3) is 11.9. The van der Waals surface area contributed by atoms with Crippen LogP contribution in [0.1, 0.15) is 85.0 Å². The molecule has 0 fully saturated rings. The molecule has 0 aromatic carbocycles. The molecule has 1 atom stereocenters. The highest BCUT2D eigenvalue weighted by Crippen LogP contribution is 2.11. The number of ether oxygens (including phenoxy) is 1. The van der Waals surface area contributed by atoms with Crippen molar-refractivity contribution in [3.63, 3.8) is 0 Å². The van der Waals surface area contributed by atoms with Crippen molar-refractivity contribution in [2.24, 2.45) is 0 Å². The van der Waals surface area contributed by atoms with Crippen molar-refractivity contribution < 1.29 is 14.3 Å². The average Bonchev–Trinajstić information content (AvgIpc) is 2.36. The molecule has 1 unspecified atom stereocenters. The van der Waals surface area contributed by atoms with Gasteiger partial charge in [0.1, 0.15) is 0 Å². The van der Waals surface area contributed by atoms with Gasteiger partial charge in [-0.3, -0.25) is 9.59 Å². The Kier molecular flexibility index (Phi) is 11.6. The maximum absolute atomic E-state index is 11.4. The quantitative estimate of drug-likeness (QED) is 0.389. The molecule has 0 bridgehead atoms. The largest absolute Gasteiger partial charge is 0.455 e. The van der Waals surface area contributed by atoms with Crippen LogP contribution in [0, 0.1) is 0 Å². The predicted molar refractivity (Wildman–Crippen MR) is 78.1 cm³/mol. The van der Waals surface area contributed by atoms with E-state index in [0.717, 1.165) is 12.8 Å². The first-order valence-electron chi connectivity index (χ1n) is 7.77. The van der Waals surface area contributed by atoms with Crippen LogP contribution in [0.2, 0.25) is 0 Å². The lowest BCUT2D eigenvalue weighted by Crippen LogP contribution is -2.21. The first-order chi connectivity index (χ1) is 9.07. The zero-order chi connectivity index (χ0) is 14.5. The molecule has 0 saturated carbocycles. The summed E-state index contributed by atoms with van der Waals surface area (Å²) in [6.07, 6.45) is 10.9. The Morgan fingerprint density at radius 3 is 1.84 bits per heavy atom. The van der Waals surface area contributed by atoms with Gasteiger partial charge >= 0.3 is 5.97 Å². The van der Waals surface area contributed by atoms with Gasteiger partial charge in [0.05, 0.1) is 0 Å². The van der Waals surface area contributed by atoms with Crippen LogP contribution < -0.4 is 0 Å². The molecule has 0 aliphatic carbocycles. The van der Waals surface area contributed by atoms with Crippen molar-refractivity contribution >= 4 is 11.8 Å². The fraction of sp³-hybridized carbons (Fsp3) is 0.875. The first kappa shape index (κ1) is 18.1. The fourth-order valence-corrected chi connectivity index (χ4v) is 1.92. The second-order valence-electron chi connectivity index (χ2n) is 5.32. The molecule has 3 nitrogen and oxygen atoms in total. The monoisotopic (exact) mass is 270 g/mol. The van der Waals surface area contributed by atoms with Crippen LogP contribution >= 0.6 is 0 Å². The Balaban J connectivity index is 3.30. The number of hydrogen-bond acceptors (Lipinski definition) is 3. The zero-order valence-corrected chi connectivity index (χ0v) is 12.9. The van der Waals surface area contributed by atoms with Crippen LogP contribution in [-0.2, 0) is 14.3 Å². The van der Waals surface area contributed by atoms with E-state index in [4.69, 9.17) is 4.74 Å². The van der Waals surface area contributed by atoms with Gasteiger partial charge in [-0.1, -0.05) is 58.3 Å². The third-order valence-electron chi connectivity index (χ3n) is 3.37. The third-order valence-corrected chi connectivity index (χ3v) is 3.37. The minimum absolute atomic E-state index is 0.0968. The van der Waals surface area contributed by atoms with E-state index in [1.54, 1.807) is 6.92 Å². The Bertz CT molecular complexity index is 248. The van der Waals surface area contributed by atoms with Gasteiger partial charge in [-0.25, -0.2) is 0 Å². The minimum atomic E-state index is -0.592. The van der Waals surface area contributed by atoms with E-state index in [1.165, 1.54) is 51.9 Å². The number of esters is 1. The van der Waals surface area contributed by atoms with E-state index in [9.17, 15) is 9.59 Å². The number of carbonyl (C=O) groups is 2. The molecular weight excluding hydrogens is 240 g/mol. The van der Waals surface area contributed by atoms with Crippen LogP contribution in [0.3, 0.4) is 0 Å². The fourth-order valence-electron chi connectivity index (χ4n) is 1.92. The van der Waals surface area contributed by atoms with Crippen LogP contribution in [0.25, 0.3) is 0 Å². The van der Waals surface area contributed by atoms with Gasteiger partial charge in [0, 0.05) is 6.42 Å². The van der Waals surface area contributed by atoms with Gasteiger partial charge in [0.15, 0.2) is 11.9 Å². The molecule has 0 amide bonds. The molecule has 0 aliphatic heterocycles. The number of unbranched alkanes of at least 4 members (excludes halogenated alkanes) is 8. The van der Waals surface area contributed by atoms with E-state index in [-0.39, 0.29) is 11.8 Å². The lowest BCUT2D eigenvalue weighted by molar-refractivity contribution is -0.153. The molecule has 112 valence electrons. The van der Waals surface area contributed by atoms with Crippen molar-refractivity contribution in [1.82, 2.24) is 0 Å². The molecule has 0 aliphatic rings. The van der Waals surface area contributed by atoms with E-state index in [0.29, 0.717) is 6.42 Å². The van der Waals surface area contributed by atoms with Crippen molar-refractivity contribution in [2.45, 2.75) is 91.1 Å². The summed E-state index contributed by atoms with van der Waals surface area (Å²) in [5.41, 5.74) is 0. The second kappa shape index (κ2) is 12.2. The molecule has 0 N–H and O–H groups in total. The molecule has 0 saturated heterocycles. The summed E-state index contributed by atoms with van der Waals surface area (Å²) >= 11 is 0. The van der Waals surface area contributed by atoms with Crippen molar-refractivity contribution in [3.8, 4) is 0 Å². The Morgan fingerprint density at radius 2 is 1.37 bits per heavy atom. The maximum atomic E-state index is 11.4. The second-order valence-corrected chi connectivity index (χ2v) is 5.32. The summed E-state index contributed by atoms with van der Waals surface area (Å²) in [4.78, 5) is 22.3. The van der Waals surface area contributed by atoms with Gasteiger partial charge in [0.25, 0.3) is 0 Å². The average molecular weight is 270 g/mol. The SMILES string of the molecule is CCCCCCCCCCCC(=O)OC(C)C(C)=O. The summed E-state index contributed by atoms with van der Waals surface area (Å²) in [6.45, 7) is 5.29. The number of hydrogen-bond donors (Lipinski definition) is 0. The van der Waals surface area contributed by atoms with Crippen LogP contribution in [0.15, 0.2) is 0 Å². The number of Topliss-reactive ketones (excluding diaryl/α,β-unsaturated/α-hetero) is 1. The van der Waals surface area contributed by atoms with Gasteiger partial charge in [-0.2, -0.15) is 0 Å². The summed E-state index contributed by atoms with van der Waals surface area (Å²) in [5, 5.41) is 0. The molecule has 0 aromatic heterocycles. The molecule has 0 rings (SSSR count). The van der Waals surface area contributed by atoms with Crippen molar-refractivity contribution in [2.75, 3.05) is 0 Å². The molecular formula is C16H30O3. The topological polar surface area (TPSA) is 43.4 Å². The highest BCUT2D eigenvalue weighted by Gasteiger charge is 2.12. The Labute approximate surface area is 118 Å². The van der Waals surface area contributed by atoms with Gasteiger partial charge in [-0.15, -0.1) is 0 Å². The normalized spacial score (nSPS) is 12.2. The summed E-state index contributed by atoms with van der Waals surface area (Å²) < 4.78 is 5.00. The van der Waals surface area contributed by atoms with Crippen molar-refractivity contribution in [3.05, 3.63) is 0 Å². The minimum Gasteiger partial charge on any atom is -0.455 e. The standard InChI is InChI=1S/C16H30O3/c1-4-5-6-7-8-9-10-11-12-13-16(18)19-15(3)14(2)17/h15H,4-13H2,1-3H3. The summed E-state index contributed by atoms with van der Waals surface area (Å²) in [6, 6.07) is 0. The number of ketones is 1. The molecule has 0 aromatic rings. The first-order valence-corrected chi connectivity index (χ1v) is 7.77. The highest BCUT2D eigenvalue weighted by molar-refractivity contribution is 5.83. The van der Waals surface area contributed by atoms with E-state index < -0.39 is 6.10 Å². The smallest absolute Gasteiger partial charge is 0.306 e. The van der Waals surface area contributed by atoms with Gasteiger partial charge in [0.2, 0.25) is 0 Å². The van der Waals surface area contributed by atoms with Crippen molar-refractivity contribution in [1.29, 1.82) is 0 Å². The molecule has 0 radical (unpaired) electrons. The molecule has 0 spiro atoms. The number of rotatable bonds is 12. The van der Waals surface area contributed by atoms with Crippen LogP contribution in [0.4, 0.5) is 0 Å². The maximum Gasteiger partial charge on any atom is 0.306 e. The van der Waals surface area contributed by atoms with Gasteiger partial charge < -0.3 is 4.74 Å². The molecule has 0 heterocycles. The lowest BCUT2D eigenvalue weighted by atomic mass is 10.1. The van der Waals surface area contributed by atoms with Crippen LogP contribution in [0.5, 0.6) is 0 Å². The lowest BCUT2D eigenvalue weighted by Gasteiger charge is -2.09. The summed E-state index contributed by atoms with van der Waals surface area (Å²) in [7, 11) is 0. The predicted octanol–water partition coefficient (Wildman–Crippen LogP) is 4.43. The highest BCUT2D eigenvalue weighted by atomic mass is 16.5. The Hall–Kier alpha value is -0.860. The molecule has 19 heavy (non-hydrogen) atoms. The van der Waals surface area contributed by atoms with Crippen LogP contribution in [-0.4, -0.2) is 17.9 Å². The number of carbonyl (C=O) groups excluding carboxylic acids is 2. The van der Waals surface area contributed by atoms with E-state index >= 15 is 0 Å².